The zero-order valence-corrected chi connectivity index (χ0v) is 7.55. The standard InChI is InChI=1S/C8H9ClO3/c1-11-6-4-3-5(10)7(9)8(6)12-2/h3-4,10H,1-2H3. The van der Waals surface area contributed by atoms with Gasteiger partial charge in [-0.3, -0.25) is 0 Å². The summed E-state index contributed by atoms with van der Waals surface area (Å²) >= 11 is 5.72. The van der Waals surface area contributed by atoms with E-state index in [9.17, 15) is 5.11 Å². The van der Waals surface area contributed by atoms with Crippen LogP contribution in [-0.2, 0) is 0 Å². The number of halogens is 1. The lowest BCUT2D eigenvalue weighted by Gasteiger charge is -2.09. The van der Waals surface area contributed by atoms with Gasteiger partial charge in [-0.25, -0.2) is 0 Å². The number of phenols is 1. The summed E-state index contributed by atoms with van der Waals surface area (Å²) in [5.41, 5.74) is 0. The minimum Gasteiger partial charge on any atom is -0.506 e. The van der Waals surface area contributed by atoms with Crippen LogP contribution in [0, 0.1) is 0 Å². The number of benzene rings is 1. The molecule has 0 aliphatic rings. The van der Waals surface area contributed by atoms with Crippen LogP contribution in [0.5, 0.6) is 17.2 Å². The molecule has 12 heavy (non-hydrogen) atoms. The van der Waals surface area contributed by atoms with Crippen LogP contribution in [0.25, 0.3) is 0 Å². The lowest BCUT2D eigenvalue weighted by Crippen LogP contribution is -1.90. The molecule has 0 aliphatic heterocycles. The minimum absolute atomic E-state index is 0.0192. The lowest BCUT2D eigenvalue weighted by molar-refractivity contribution is 0.351. The Morgan fingerprint density at radius 1 is 1.25 bits per heavy atom. The van der Waals surface area contributed by atoms with Crippen molar-refractivity contribution < 1.29 is 14.6 Å². The summed E-state index contributed by atoms with van der Waals surface area (Å²) in [6.07, 6.45) is 0. The van der Waals surface area contributed by atoms with E-state index in [0.717, 1.165) is 0 Å². The Balaban J connectivity index is 3.25. The molecule has 0 aromatic heterocycles. The normalized spacial score (nSPS) is 9.58. The first kappa shape index (κ1) is 9.00. The molecule has 1 aromatic carbocycles. The molecule has 0 spiro atoms. The molecule has 1 aromatic rings. The third-order valence-corrected chi connectivity index (χ3v) is 1.83. The average molecular weight is 189 g/mol. The van der Waals surface area contributed by atoms with E-state index in [-0.39, 0.29) is 10.8 Å². The molecule has 0 saturated heterocycles. The van der Waals surface area contributed by atoms with Crippen LogP contribution in [0.4, 0.5) is 0 Å². The highest BCUT2D eigenvalue weighted by molar-refractivity contribution is 6.33. The van der Waals surface area contributed by atoms with Crippen LogP contribution in [0.2, 0.25) is 5.02 Å². The van der Waals surface area contributed by atoms with Crippen molar-refractivity contribution in [1.29, 1.82) is 0 Å². The average Bonchev–Trinajstić information content (AvgIpc) is 2.09. The second-order valence-corrected chi connectivity index (χ2v) is 2.51. The van der Waals surface area contributed by atoms with Gasteiger partial charge in [-0.05, 0) is 12.1 Å². The smallest absolute Gasteiger partial charge is 0.183 e. The van der Waals surface area contributed by atoms with Gasteiger partial charge in [0.2, 0.25) is 0 Å². The number of rotatable bonds is 2. The van der Waals surface area contributed by atoms with E-state index in [1.54, 1.807) is 6.07 Å². The summed E-state index contributed by atoms with van der Waals surface area (Å²) in [6, 6.07) is 3.03. The SMILES string of the molecule is COc1ccc(O)c(Cl)c1OC. The first-order valence-electron chi connectivity index (χ1n) is 3.30. The van der Waals surface area contributed by atoms with Crippen molar-refractivity contribution in [1.82, 2.24) is 0 Å². The number of methoxy groups -OCH3 is 2. The van der Waals surface area contributed by atoms with Crippen molar-refractivity contribution in [2.45, 2.75) is 0 Å². The van der Waals surface area contributed by atoms with Gasteiger partial charge in [-0.2, -0.15) is 0 Å². The molecule has 0 heterocycles. The Hall–Kier alpha value is -1.09. The maximum Gasteiger partial charge on any atom is 0.183 e. The third-order valence-electron chi connectivity index (χ3n) is 1.46. The Kier molecular flexibility index (Phi) is 2.65. The monoisotopic (exact) mass is 188 g/mol. The number of aromatic hydroxyl groups is 1. The highest BCUT2D eigenvalue weighted by Crippen LogP contribution is 2.40. The van der Waals surface area contributed by atoms with Gasteiger partial charge in [0, 0.05) is 0 Å². The van der Waals surface area contributed by atoms with Crippen LogP contribution in [0.1, 0.15) is 0 Å². The molecule has 0 radical (unpaired) electrons. The van der Waals surface area contributed by atoms with E-state index in [4.69, 9.17) is 21.1 Å². The van der Waals surface area contributed by atoms with E-state index in [2.05, 4.69) is 0 Å². The van der Waals surface area contributed by atoms with Crippen LogP contribution < -0.4 is 9.47 Å². The quantitative estimate of drug-likeness (QED) is 0.772. The molecule has 66 valence electrons. The summed E-state index contributed by atoms with van der Waals surface area (Å²) in [7, 11) is 2.97. The summed E-state index contributed by atoms with van der Waals surface area (Å²) in [4.78, 5) is 0. The van der Waals surface area contributed by atoms with Crippen molar-refractivity contribution in [3.63, 3.8) is 0 Å². The van der Waals surface area contributed by atoms with Gasteiger partial charge in [-0.15, -0.1) is 0 Å². The summed E-state index contributed by atoms with van der Waals surface area (Å²) < 4.78 is 9.88. The van der Waals surface area contributed by atoms with Gasteiger partial charge in [0.1, 0.15) is 10.8 Å². The van der Waals surface area contributed by atoms with E-state index in [1.807, 2.05) is 0 Å². The van der Waals surface area contributed by atoms with Crippen LogP contribution in [-0.4, -0.2) is 19.3 Å². The van der Waals surface area contributed by atoms with Crippen molar-refractivity contribution in [3.05, 3.63) is 17.2 Å². The second-order valence-electron chi connectivity index (χ2n) is 2.13. The van der Waals surface area contributed by atoms with Crippen LogP contribution >= 0.6 is 11.6 Å². The van der Waals surface area contributed by atoms with Gasteiger partial charge in [0.25, 0.3) is 0 Å². The van der Waals surface area contributed by atoms with E-state index >= 15 is 0 Å². The molecule has 1 N–H and O–H groups in total. The lowest BCUT2D eigenvalue weighted by atomic mass is 10.3. The molecule has 0 aliphatic carbocycles. The molecule has 4 heteroatoms. The number of hydrogen-bond donors (Lipinski definition) is 1. The molecule has 0 fully saturated rings. The maximum atomic E-state index is 9.18. The van der Waals surface area contributed by atoms with E-state index < -0.39 is 0 Å². The van der Waals surface area contributed by atoms with Gasteiger partial charge < -0.3 is 14.6 Å². The fraction of sp³-hybridized carbons (Fsp3) is 0.250. The predicted molar refractivity (Wildman–Crippen MR) is 46.2 cm³/mol. The second kappa shape index (κ2) is 3.54. The molecule has 0 saturated carbocycles. The predicted octanol–water partition coefficient (Wildman–Crippen LogP) is 2.06. The molecular weight excluding hydrogens is 180 g/mol. The van der Waals surface area contributed by atoms with Crippen molar-refractivity contribution in [2.75, 3.05) is 14.2 Å². The van der Waals surface area contributed by atoms with Crippen molar-refractivity contribution in [3.8, 4) is 17.2 Å². The Morgan fingerprint density at radius 2 is 1.92 bits per heavy atom. The summed E-state index contributed by atoms with van der Waals surface area (Å²) in [6.45, 7) is 0. The zero-order chi connectivity index (χ0) is 9.14. The van der Waals surface area contributed by atoms with E-state index in [1.165, 1.54) is 20.3 Å². The maximum absolute atomic E-state index is 9.18. The number of hydrogen-bond acceptors (Lipinski definition) is 3. The van der Waals surface area contributed by atoms with Gasteiger partial charge in [0.05, 0.1) is 14.2 Å². The Labute approximate surface area is 75.5 Å². The largest absolute Gasteiger partial charge is 0.506 e. The Bertz CT molecular complexity index is 286. The van der Waals surface area contributed by atoms with Crippen molar-refractivity contribution in [2.24, 2.45) is 0 Å². The molecule has 0 atom stereocenters. The van der Waals surface area contributed by atoms with Gasteiger partial charge >= 0.3 is 0 Å². The molecule has 3 nitrogen and oxygen atoms in total. The zero-order valence-electron chi connectivity index (χ0n) is 6.80. The third kappa shape index (κ3) is 1.41. The summed E-state index contributed by atoms with van der Waals surface area (Å²) in [5, 5.41) is 9.35. The fourth-order valence-electron chi connectivity index (χ4n) is 0.879. The number of phenolic OH excluding ortho intramolecular Hbond substituents is 1. The summed E-state index contributed by atoms with van der Waals surface area (Å²) in [5.74, 6) is 0.828. The molecular formula is C8H9ClO3. The molecule has 0 amide bonds. The highest BCUT2D eigenvalue weighted by Gasteiger charge is 2.11. The van der Waals surface area contributed by atoms with Crippen molar-refractivity contribution >= 4 is 11.6 Å². The highest BCUT2D eigenvalue weighted by atomic mass is 35.5. The molecule has 0 unspecified atom stereocenters. The topological polar surface area (TPSA) is 38.7 Å². The van der Waals surface area contributed by atoms with Gasteiger partial charge in [0.15, 0.2) is 11.5 Å². The van der Waals surface area contributed by atoms with Crippen LogP contribution in [0.3, 0.4) is 0 Å². The minimum atomic E-state index is -0.0192. The molecule has 0 bridgehead atoms. The van der Waals surface area contributed by atoms with Gasteiger partial charge in [-0.1, -0.05) is 11.6 Å². The first-order valence-corrected chi connectivity index (χ1v) is 3.68. The van der Waals surface area contributed by atoms with E-state index in [0.29, 0.717) is 11.5 Å². The molecule has 1 rings (SSSR count). The van der Waals surface area contributed by atoms with Crippen LogP contribution in [0.15, 0.2) is 12.1 Å². The Morgan fingerprint density at radius 3 is 2.42 bits per heavy atom. The number of ether oxygens (including phenoxy) is 2. The first-order chi connectivity index (χ1) is 5.70. The fourth-order valence-corrected chi connectivity index (χ4v) is 1.11.